The van der Waals surface area contributed by atoms with Crippen LogP contribution >= 0.6 is 0 Å². The second-order valence-corrected chi connectivity index (χ2v) is 9.69. The molecule has 2 aliphatic heterocycles. The van der Waals surface area contributed by atoms with E-state index in [1.165, 1.54) is 4.31 Å². The molecular weight excluding hydrogens is 436 g/mol. The van der Waals surface area contributed by atoms with Gasteiger partial charge < -0.3 is 10.5 Å². The highest BCUT2D eigenvalue weighted by molar-refractivity contribution is 7.96. The zero-order valence-corrected chi connectivity index (χ0v) is 18.6. The topological polar surface area (TPSA) is 109 Å². The summed E-state index contributed by atoms with van der Waals surface area (Å²) in [7, 11) is -4.10. The number of nitrogens with two attached hydrogens (primary N) is 1. The Kier molecular flexibility index (Phi) is 4.91. The summed E-state index contributed by atoms with van der Waals surface area (Å²) in [6, 6.07) is 20.3. The van der Waals surface area contributed by atoms with Crippen molar-refractivity contribution in [2.75, 3.05) is 4.31 Å². The van der Waals surface area contributed by atoms with E-state index < -0.39 is 15.9 Å². The van der Waals surface area contributed by atoms with E-state index in [0.29, 0.717) is 16.8 Å². The molecule has 8 heteroatoms. The first kappa shape index (κ1) is 20.8. The van der Waals surface area contributed by atoms with Gasteiger partial charge in [-0.1, -0.05) is 42.5 Å². The summed E-state index contributed by atoms with van der Waals surface area (Å²) in [5.74, 6) is -0.885. The number of para-hydroxylation sites is 1. The zero-order chi connectivity index (χ0) is 23.2. The number of aromatic nitrogens is 1. The third-order valence-electron chi connectivity index (χ3n) is 5.95. The molecule has 0 fully saturated rings. The van der Waals surface area contributed by atoms with Crippen molar-refractivity contribution < 1.29 is 13.2 Å². The predicted molar refractivity (Wildman–Crippen MR) is 125 cm³/mol. The van der Waals surface area contributed by atoms with Gasteiger partial charge in [0.2, 0.25) is 5.88 Å². The van der Waals surface area contributed by atoms with E-state index in [4.69, 9.17) is 10.5 Å². The minimum atomic E-state index is -4.10. The van der Waals surface area contributed by atoms with Crippen LogP contribution in [0.25, 0.3) is 5.76 Å². The fourth-order valence-electron chi connectivity index (χ4n) is 4.30. The van der Waals surface area contributed by atoms with Crippen LogP contribution in [0.1, 0.15) is 28.2 Å². The lowest BCUT2D eigenvalue weighted by Crippen LogP contribution is -2.39. The van der Waals surface area contributed by atoms with Crippen molar-refractivity contribution in [3.8, 4) is 6.07 Å². The molecule has 5 rings (SSSR count). The minimum absolute atomic E-state index is 0.00599. The van der Waals surface area contributed by atoms with Crippen molar-refractivity contribution in [1.82, 2.24) is 4.98 Å². The highest BCUT2D eigenvalue weighted by Crippen LogP contribution is 2.51. The summed E-state index contributed by atoms with van der Waals surface area (Å²) >= 11 is 0. The Morgan fingerprint density at radius 1 is 1.12 bits per heavy atom. The maximum Gasteiger partial charge on any atom is 0.265 e. The monoisotopic (exact) mass is 456 g/mol. The van der Waals surface area contributed by atoms with Crippen LogP contribution in [0, 0.1) is 18.3 Å². The number of anilines is 1. The van der Waals surface area contributed by atoms with Gasteiger partial charge in [0.05, 0.1) is 18.2 Å². The number of aryl methyl sites for hydroxylation is 1. The van der Waals surface area contributed by atoms with Gasteiger partial charge in [0, 0.05) is 18.0 Å². The van der Waals surface area contributed by atoms with E-state index in [0.717, 1.165) is 11.1 Å². The van der Waals surface area contributed by atoms with Gasteiger partial charge in [0.15, 0.2) is 5.76 Å². The van der Waals surface area contributed by atoms with Crippen LogP contribution in [0.2, 0.25) is 0 Å². The standard InChI is InChI=1S/C25H20N4O3S/c1-16-7-2-3-8-18(16)15-29-21-11-5-4-10-19(21)23-24(33(29,30)31)22(17-9-6-12-28-14-17)20(13-26)25(27)32-23/h2-12,14,22H,15,27H2,1H3. The first-order valence-electron chi connectivity index (χ1n) is 10.3. The highest BCUT2D eigenvalue weighted by atomic mass is 32.2. The average molecular weight is 457 g/mol. The van der Waals surface area contributed by atoms with E-state index >= 15 is 0 Å². The summed E-state index contributed by atoms with van der Waals surface area (Å²) in [5.41, 5.74) is 9.67. The normalized spacial score (nSPS) is 18.8. The van der Waals surface area contributed by atoms with Gasteiger partial charge in [-0.15, -0.1) is 0 Å². The molecule has 7 nitrogen and oxygen atoms in total. The number of ether oxygens (including phenoxy) is 1. The zero-order valence-electron chi connectivity index (χ0n) is 17.8. The lowest BCUT2D eigenvalue weighted by Gasteiger charge is -2.38. The third kappa shape index (κ3) is 3.25. The van der Waals surface area contributed by atoms with E-state index in [1.54, 1.807) is 42.7 Å². The smallest absolute Gasteiger partial charge is 0.265 e. The van der Waals surface area contributed by atoms with Crippen molar-refractivity contribution in [3.05, 3.63) is 112 Å². The summed E-state index contributed by atoms with van der Waals surface area (Å²) in [6.07, 6.45) is 3.14. The third-order valence-corrected chi connectivity index (χ3v) is 7.83. The molecule has 2 aliphatic rings. The molecule has 0 amide bonds. The Balaban J connectivity index is 1.77. The van der Waals surface area contributed by atoms with E-state index in [9.17, 15) is 13.7 Å². The SMILES string of the molecule is Cc1ccccc1CN1c2ccccc2C2=C(C(c3cccnc3)C(C#N)=C(N)O2)S1(=O)=O. The molecule has 1 aromatic heterocycles. The highest BCUT2D eigenvalue weighted by Gasteiger charge is 2.47. The molecule has 1 atom stereocenters. The van der Waals surface area contributed by atoms with Crippen LogP contribution in [0.3, 0.4) is 0 Å². The number of benzene rings is 2. The van der Waals surface area contributed by atoms with Crippen molar-refractivity contribution in [3.63, 3.8) is 0 Å². The van der Waals surface area contributed by atoms with E-state index in [-0.39, 0.29) is 28.7 Å². The first-order chi connectivity index (χ1) is 15.9. The number of nitriles is 1. The lowest BCUT2D eigenvalue weighted by atomic mass is 9.89. The Hall–Kier alpha value is -4.09. The van der Waals surface area contributed by atoms with Gasteiger partial charge in [-0.3, -0.25) is 9.29 Å². The molecule has 0 aliphatic carbocycles. The van der Waals surface area contributed by atoms with E-state index in [2.05, 4.69) is 11.1 Å². The number of pyridine rings is 1. The Morgan fingerprint density at radius 3 is 2.61 bits per heavy atom. The molecule has 1 unspecified atom stereocenters. The van der Waals surface area contributed by atoms with Gasteiger partial charge >= 0.3 is 0 Å². The van der Waals surface area contributed by atoms with Gasteiger partial charge in [-0.2, -0.15) is 5.26 Å². The molecule has 0 bridgehead atoms. The fourth-order valence-corrected chi connectivity index (χ4v) is 6.20. The number of nitrogens with zero attached hydrogens (tertiary/aromatic N) is 3. The quantitative estimate of drug-likeness (QED) is 0.640. The lowest BCUT2D eigenvalue weighted by molar-refractivity contribution is 0.357. The number of rotatable bonds is 3. The molecule has 0 saturated carbocycles. The molecule has 0 saturated heterocycles. The predicted octanol–water partition coefficient (Wildman–Crippen LogP) is 3.92. The van der Waals surface area contributed by atoms with Crippen molar-refractivity contribution >= 4 is 21.5 Å². The number of allylic oxidation sites excluding steroid dienone is 2. The van der Waals surface area contributed by atoms with Gasteiger partial charge in [-0.05, 0) is 41.8 Å². The average Bonchev–Trinajstić information content (AvgIpc) is 2.82. The second kappa shape index (κ2) is 7.80. The summed E-state index contributed by atoms with van der Waals surface area (Å²) < 4.78 is 35.5. The number of fused-ring (bicyclic) bond motifs is 2. The maximum atomic E-state index is 14.2. The largest absolute Gasteiger partial charge is 0.439 e. The molecule has 33 heavy (non-hydrogen) atoms. The molecular formula is C25H20N4O3S. The van der Waals surface area contributed by atoms with Crippen LogP contribution in [0.4, 0.5) is 5.69 Å². The van der Waals surface area contributed by atoms with Gasteiger partial charge in [-0.25, -0.2) is 8.42 Å². The molecule has 3 heterocycles. The second-order valence-electron chi connectivity index (χ2n) is 7.86. The first-order valence-corrected chi connectivity index (χ1v) is 11.8. The number of sulfonamides is 1. The van der Waals surface area contributed by atoms with E-state index in [1.807, 2.05) is 37.3 Å². The maximum absolute atomic E-state index is 14.2. The molecule has 2 aromatic carbocycles. The van der Waals surface area contributed by atoms with Gasteiger partial charge in [0.25, 0.3) is 10.0 Å². The van der Waals surface area contributed by atoms with Gasteiger partial charge in [0.1, 0.15) is 16.5 Å². The van der Waals surface area contributed by atoms with Crippen LogP contribution in [0.15, 0.2) is 89.4 Å². The van der Waals surface area contributed by atoms with Crippen LogP contribution in [-0.2, 0) is 21.3 Å². The Bertz CT molecular complexity index is 1470. The molecule has 3 aromatic rings. The van der Waals surface area contributed by atoms with Crippen molar-refractivity contribution in [2.45, 2.75) is 19.4 Å². The molecule has 164 valence electrons. The summed E-state index contributed by atoms with van der Waals surface area (Å²) in [6.45, 7) is 2.09. The number of hydrogen-bond acceptors (Lipinski definition) is 6. The van der Waals surface area contributed by atoms with Crippen LogP contribution in [0.5, 0.6) is 0 Å². The minimum Gasteiger partial charge on any atom is -0.439 e. The molecule has 0 radical (unpaired) electrons. The number of hydrogen-bond donors (Lipinski definition) is 1. The summed E-state index contributed by atoms with van der Waals surface area (Å²) in [4.78, 5) is 4.13. The van der Waals surface area contributed by atoms with Crippen molar-refractivity contribution in [2.24, 2.45) is 5.73 Å². The molecule has 0 spiro atoms. The van der Waals surface area contributed by atoms with Crippen molar-refractivity contribution in [1.29, 1.82) is 5.26 Å². The summed E-state index contributed by atoms with van der Waals surface area (Å²) in [5, 5.41) is 9.87. The Labute approximate surface area is 192 Å². The molecule has 2 N–H and O–H groups in total. The Morgan fingerprint density at radius 2 is 1.88 bits per heavy atom. The van der Waals surface area contributed by atoms with Crippen LogP contribution in [-0.4, -0.2) is 13.4 Å². The fraction of sp³-hybridized carbons (Fsp3) is 0.120. The van der Waals surface area contributed by atoms with Crippen LogP contribution < -0.4 is 10.0 Å².